The first-order valence-corrected chi connectivity index (χ1v) is 8.24. The summed E-state index contributed by atoms with van der Waals surface area (Å²) in [4.78, 5) is 20.1. The van der Waals surface area contributed by atoms with Crippen molar-refractivity contribution < 1.29 is 14.6 Å². The van der Waals surface area contributed by atoms with Gasteiger partial charge >= 0.3 is 5.97 Å². The number of hydrogen-bond donors (Lipinski definition) is 3. The maximum atomic E-state index is 11.4. The second-order valence-electron chi connectivity index (χ2n) is 5.20. The van der Waals surface area contributed by atoms with Gasteiger partial charge in [0.1, 0.15) is 11.1 Å². The highest BCUT2D eigenvalue weighted by atomic mass is 79.9. The normalized spacial score (nSPS) is 21.2. The number of aromatic nitrogens is 2. The second kappa shape index (κ2) is 8.28. The van der Waals surface area contributed by atoms with Crippen LogP contribution in [0.5, 0.6) is 0 Å². The summed E-state index contributed by atoms with van der Waals surface area (Å²) in [6, 6.07) is 0.246. The topological polar surface area (TPSA) is 96.4 Å². The lowest BCUT2D eigenvalue weighted by atomic mass is 9.93. The highest BCUT2D eigenvalue weighted by molar-refractivity contribution is 9.10. The van der Waals surface area contributed by atoms with Gasteiger partial charge in [0.05, 0.1) is 18.9 Å². The zero-order valence-electron chi connectivity index (χ0n) is 12.5. The number of carbonyl (C=O) groups is 1. The third kappa shape index (κ3) is 5.10. The van der Waals surface area contributed by atoms with Crippen LogP contribution in [-0.2, 0) is 9.53 Å². The van der Waals surface area contributed by atoms with E-state index in [1.807, 2.05) is 0 Å². The zero-order chi connectivity index (χ0) is 15.9. The van der Waals surface area contributed by atoms with Crippen LogP contribution in [0, 0.1) is 0 Å². The third-order valence-electron chi connectivity index (χ3n) is 3.49. The predicted molar refractivity (Wildman–Crippen MR) is 86.7 cm³/mol. The van der Waals surface area contributed by atoms with Crippen molar-refractivity contribution in [1.29, 1.82) is 0 Å². The maximum Gasteiger partial charge on any atom is 0.325 e. The van der Waals surface area contributed by atoms with Crippen molar-refractivity contribution in [2.45, 2.75) is 44.8 Å². The molecule has 1 saturated carbocycles. The third-order valence-corrected chi connectivity index (χ3v) is 3.87. The Labute approximate surface area is 138 Å². The molecule has 3 N–H and O–H groups in total. The van der Waals surface area contributed by atoms with Gasteiger partial charge in [-0.25, -0.2) is 9.97 Å². The number of aliphatic hydroxyl groups excluding tert-OH is 1. The molecule has 0 unspecified atom stereocenters. The number of hydrogen-bond acceptors (Lipinski definition) is 7. The SMILES string of the molecule is CCO[13C](=O)CNc1ncc(Br)nc1N[C@H]1CC[C@H](O)CC1. The fourth-order valence-electron chi connectivity index (χ4n) is 2.38. The van der Waals surface area contributed by atoms with Crippen molar-refractivity contribution in [3.63, 3.8) is 0 Å². The predicted octanol–water partition coefficient (Wildman–Crippen LogP) is 1.93. The second-order valence-corrected chi connectivity index (χ2v) is 6.01. The van der Waals surface area contributed by atoms with E-state index in [2.05, 4.69) is 36.5 Å². The van der Waals surface area contributed by atoms with E-state index in [4.69, 9.17) is 4.74 Å². The van der Waals surface area contributed by atoms with Crippen molar-refractivity contribution in [2.75, 3.05) is 23.8 Å². The Balaban J connectivity index is 1.99. The first-order chi connectivity index (χ1) is 10.6. The summed E-state index contributed by atoms with van der Waals surface area (Å²) in [5.74, 6) is 0.779. The molecule has 1 heterocycles. The molecular weight excluding hydrogens is 353 g/mol. The number of carbonyl (C=O) groups excluding carboxylic acids is 1. The van der Waals surface area contributed by atoms with Crippen molar-refractivity contribution in [1.82, 2.24) is 9.97 Å². The molecule has 8 heteroatoms. The Bertz CT molecular complexity index is 507. The van der Waals surface area contributed by atoms with Crippen molar-refractivity contribution in [2.24, 2.45) is 0 Å². The average molecular weight is 374 g/mol. The van der Waals surface area contributed by atoms with Gasteiger partial charge in [-0.3, -0.25) is 4.79 Å². The van der Waals surface area contributed by atoms with Crippen LogP contribution in [0.25, 0.3) is 0 Å². The number of ether oxygens (including phenoxy) is 1. The number of esters is 1. The van der Waals surface area contributed by atoms with Gasteiger partial charge in [0.15, 0.2) is 11.6 Å². The fraction of sp³-hybridized carbons (Fsp3) is 0.643. The summed E-state index contributed by atoms with van der Waals surface area (Å²) in [7, 11) is 0. The van der Waals surface area contributed by atoms with Crippen LogP contribution in [0.3, 0.4) is 0 Å². The Kier molecular flexibility index (Phi) is 6.38. The first-order valence-electron chi connectivity index (χ1n) is 7.45. The molecule has 0 aromatic carbocycles. The van der Waals surface area contributed by atoms with Gasteiger partial charge in [-0.1, -0.05) is 0 Å². The number of halogens is 1. The van der Waals surface area contributed by atoms with E-state index in [-0.39, 0.29) is 24.7 Å². The van der Waals surface area contributed by atoms with E-state index in [0.717, 1.165) is 25.7 Å². The van der Waals surface area contributed by atoms with E-state index in [9.17, 15) is 9.90 Å². The molecule has 0 amide bonds. The van der Waals surface area contributed by atoms with Gasteiger partial charge in [0, 0.05) is 6.04 Å². The lowest BCUT2D eigenvalue weighted by Crippen LogP contribution is -2.29. The van der Waals surface area contributed by atoms with E-state index < -0.39 is 0 Å². The van der Waals surface area contributed by atoms with Gasteiger partial charge in [0.25, 0.3) is 0 Å². The molecule has 2 rings (SSSR count). The highest BCUT2D eigenvalue weighted by Crippen LogP contribution is 2.25. The number of nitrogens with one attached hydrogen (secondary N) is 2. The van der Waals surface area contributed by atoms with Gasteiger partial charge < -0.3 is 20.5 Å². The minimum Gasteiger partial charge on any atom is -0.465 e. The van der Waals surface area contributed by atoms with Gasteiger partial charge in [0.2, 0.25) is 0 Å². The van der Waals surface area contributed by atoms with E-state index in [0.29, 0.717) is 22.8 Å². The molecule has 1 aromatic rings. The molecule has 7 nitrogen and oxygen atoms in total. The molecule has 0 aliphatic heterocycles. The minimum atomic E-state index is -0.334. The largest absolute Gasteiger partial charge is 0.465 e. The molecule has 1 aliphatic carbocycles. The molecular formula is C14H21BrN4O3. The van der Waals surface area contributed by atoms with Gasteiger partial charge in [-0.15, -0.1) is 0 Å². The molecule has 1 aliphatic rings. The number of rotatable bonds is 6. The Morgan fingerprint density at radius 3 is 2.82 bits per heavy atom. The minimum absolute atomic E-state index is 0.0439. The molecule has 0 saturated heterocycles. The van der Waals surface area contributed by atoms with Crippen molar-refractivity contribution in [3.8, 4) is 0 Å². The molecule has 122 valence electrons. The Hall–Kier alpha value is -1.41. The lowest BCUT2D eigenvalue weighted by Gasteiger charge is -2.27. The van der Waals surface area contributed by atoms with Crippen molar-refractivity contribution in [3.05, 3.63) is 10.8 Å². The highest BCUT2D eigenvalue weighted by Gasteiger charge is 2.21. The van der Waals surface area contributed by atoms with Crippen LogP contribution in [0.15, 0.2) is 10.8 Å². The van der Waals surface area contributed by atoms with Crippen LogP contribution >= 0.6 is 15.9 Å². The maximum absolute atomic E-state index is 11.4. The Morgan fingerprint density at radius 2 is 2.14 bits per heavy atom. The summed E-state index contributed by atoms with van der Waals surface area (Å²) in [6.45, 7) is 2.16. The smallest absolute Gasteiger partial charge is 0.325 e. The van der Waals surface area contributed by atoms with Crippen LogP contribution in [-0.4, -0.2) is 46.3 Å². The Morgan fingerprint density at radius 1 is 1.41 bits per heavy atom. The quantitative estimate of drug-likeness (QED) is 0.517. The first kappa shape index (κ1) is 17.0. The van der Waals surface area contributed by atoms with Crippen molar-refractivity contribution >= 4 is 33.5 Å². The van der Waals surface area contributed by atoms with Crippen LogP contribution < -0.4 is 10.6 Å². The van der Waals surface area contributed by atoms with E-state index >= 15 is 0 Å². The summed E-state index contributed by atoms with van der Waals surface area (Å²) in [5, 5.41) is 15.8. The van der Waals surface area contributed by atoms with Crippen LogP contribution in [0.4, 0.5) is 11.6 Å². The summed E-state index contributed by atoms with van der Waals surface area (Å²) >= 11 is 3.30. The van der Waals surface area contributed by atoms with Gasteiger partial charge in [-0.2, -0.15) is 0 Å². The van der Waals surface area contributed by atoms with E-state index in [1.54, 1.807) is 13.1 Å². The number of aliphatic hydroxyl groups is 1. The summed E-state index contributed by atoms with van der Waals surface area (Å²) in [5.41, 5.74) is 0. The molecule has 0 bridgehead atoms. The standard InChI is InChI=1S/C14H21BrN4O3/c1-2-22-12(21)8-17-13-14(19-11(15)7-16-13)18-9-3-5-10(20)6-4-9/h7,9-10,20H,2-6,8H2,1H3,(H,16,17)(H,18,19)/t9-,10-/i12+1. The summed E-state index contributed by atoms with van der Waals surface area (Å²) in [6.07, 6.45) is 4.70. The molecule has 1 aromatic heterocycles. The lowest BCUT2D eigenvalue weighted by molar-refractivity contribution is -0.140. The molecule has 0 radical (unpaired) electrons. The number of anilines is 2. The van der Waals surface area contributed by atoms with Crippen LogP contribution in [0.2, 0.25) is 0 Å². The molecule has 0 atom stereocenters. The summed E-state index contributed by atoms with van der Waals surface area (Å²) < 4.78 is 5.50. The monoisotopic (exact) mass is 373 g/mol. The molecule has 22 heavy (non-hydrogen) atoms. The fourth-order valence-corrected chi connectivity index (χ4v) is 2.66. The molecule has 1 fully saturated rings. The van der Waals surface area contributed by atoms with Crippen LogP contribution in [0.1, 0.15) is 32.6 Å². The average Bonchev–Trinajstić information content (AvgIpc) is 2.49. The number of nitrogens with zero attached hydrogens (tertiary/aromatic N) is 2. The van der Waals surface area contributed by atoms with E-state index in [1.165, 1.54) is 0 Å². The van der Waals surface area contributed by atoms with Gasteiger partial charge in [-0.05, 0) is 48.5 Å². The zero-order valence-corrected chi connectivity index (χ0v) is 14.1. The molecule has 0 spiro atoms.